The highest BCUT2D eigenvalue weighted by Crippen LogP contribution is 2.40. The highest BCUT2D eigenvalue weighted by Gasteiger charge is 2.19. The van der Waals surface area contributed by atoms with Gasteiger partial charge in [0.15, 0.2) is 0 Å². The summed E-state index contributed by atoms with van der Waals surface area (Å²) in [7, 11) is 0. The van der Waals surface area contributed by atoms with Gasteiger partial charge in [-0.25, -0.2) is 0 Å². The highest BCUT2D eigenvalue weighted by molar-refractivity contribution is 6.04. The molecule has 1 aliphatic heterocycles. The molecular formula is C17H13NO. The van der Waals surface area contributed by atoms with Crippen LogP contribution in [0.4, 0.5) is 5.69 Å². The highest BCUT2D eigenvalue weighted by atomic mass is 16.6. The minimum absolute atomic E-state index is 0.625. The number of anilines is 1. The largest absolute Gasteiger partial charge is 0.271 e. The molecule has 0 saturated carbocycles. The summed E-state index contributed by atoms with van der Waals surface area (Å²) in [4.78, 5) is 5.40. The molecule has 2 nitrogen and oxygen atoms in total. The molecule has 1 heterocycles. The van der Waals surface area contributed by atoms with Gasteiger partial charge in [-0.05, 0) is 22.4 Å². The summed E-state index contributed by atoms with van der Waals surface area (Å²) in [5.74, 6) is 0. The molecule has 0 fully saturated rings. The van der Waals surface area contributed by atoms with E-state index in [1.54, 1.807) is 0 Å². The third-order valence-corrected chi connectivity index (χ3v) is 3.60. The third-order valence-electron chi connectivity index (χ3n) is 3.60. The maximum Gasteiger partial charge on any atom is 0.102 e. The molecule has 0 amide bonds. The van der Waals surface area contributed by atoms with E-state index in [4.69, 9.17) is 4.84 Å². The van der Waals surface area contributed by atoms with Crippen molar-refractivity contribution in [2.45, 2.75) is 6.61 Å². The molecule has 0 aromatic heterocycles. The molecule has 0 spiro atoms. The van der Waals surface area contributed by atoms with E-state index in [1.807, 2.05) is 6.07 Å². The van der Waals surface area contributed by atoms with E-state index in [-0.39, 0.29) is 0 Å². The minimum Gasteiger partial charge on any atom is -0.271 e. The van der Waals surface area contributed by atoms with Crippen LogP contribution in [-0.2, 0) is 11.4 Å². The zero-order valence-electron chi connectivity index (χ0n) is 10.4. The topological polar surface area (TPSA) is 21.3 Å². The lowest BCUT2D eigenvalue weighted by molar-refractivity contribution is 0.202. The first-order chi connectivity index (χ1) is 9.43. The third kappa shape index (κ3) is 1.61. The Balaban J connectivity index is 2.13. The molecule has 0 atom stereocenters. The Morgan fingerprint density at radius 3 is 2.58 bits per heavy atom. The van der Waals surface area contributed by atoms with Gasteiger partial charge in [-0.2, -0.15) is 0 Å². The van der Waals surface area contributed by atoms with Crippen LogP contribution < -0.4 is 5.48 Å². The van der Waals surface area contributed by atoms with E-state index in [1.165, 1.54) is 27.5 Å². The average Bonchev–Trinajstić information content (AvgIpc) is 2.93. The smallest absolute Gasteiger partial charge is 0.102 e. The summed E-state index contributed by atoms with van der Waals surface area (Å²) in [6, 6.07) is 21.1. The number of hydrogen-bond donors (Lipinski definition) is 1. The predicted molar refractivity (Wildman–Crippen MR) is 77.8 cm³/mol. The Morgan fingerprint density at radius 2 is 1.68 bits per heavy atom. The molecule has 92 valence electrons. The van der Waals surface area contributed by atoms with Gasteiger partial charge in [-0.3, -0.25) is 10.3 Å². The Labute approximate surface area is 111 Å². The molecule has 4 rings (SSSR count). The normalized spacial score (nSPS) is 13.3. The predicted octanol–water partition coefficient (Wildman–Crippen LogP) is 4.36. The van der Waals surface area contributed by atoms with Crippen LogP contribution in [0.5, 0.6) is 0 Å². The molecule has 0 aliphatic carbocycles. The van der Waals surface area contributed by atoms with Crippen molar-refractivity contribution in [1.29, 1.82) is 0 Å². The summed E-state index contributed by atoms with van der Waals surface area (Å²) in [5.41, 5.74) is 7.83. The second-order valence-corrected chi connectivity index (χ2v) is 4.76. The molecule has 19 heavy (non-hydrogen) atoms. The summed E-state index contributed by atoms with van der Waals surface area (Å²) in [6.07, 6.45) is 0. The Kier molecular flexibility index (Phi) is 2.29. The molecular weight excluding hydrogens is 234 g/mol. The summed E-state index contributed by atoms with van der Waals surface area (Å²) < 4.78 is 0. The fourth-order valence-corrected chi connectivity index (χ4v) is 2.73. The molecule has 0 saturated heterocycles. The van der Waals surface area contributed by atoms with E-state index >= 15 is 0 Å². The van der Waals surface area contributed by atoms with Gasteiger partial charge >= 0.3 is 0 Å². The Hall–Kier alpha value is -2.32. The van der Waals surface area contributed by atoms with Gasteiger partial charge in [0.25, 0.3) is 0 Å². The number of benzene rings is 3. The van der Waals surface area contributed by atoms with Crippen LogP contribution >= 0.6 is 0 Å². The van der Waals surface area contributed by atoms with Gasteiger partial charge in [0.05, 0.1) is 5.69 Å². The second kappa shape index (κ2) is 4.11. The lowest BCUT2D eigenvalue weighted by Gasteiger charge is -2.12. The number of nitrogens with one attached hydrogen (secondary N) is 1. The van der Waals surface area contributed by atoms with Crippen LogP contribution in [-0.4, -0.2) is 0 Å². The Morgan fingerprint density at radius 1 is 0.895 bits per heavy atom. The summed E-state index contributed by atoms with van der Waals surface area (Å²) in [5, 5.41) is 2.51. The van der Waals surface area contributed by atoms with E-state index < -0.39 is 0 Å². The molecule has 1 aliphatic rings. The van der Waals surface area contributed by atoms with Gasteiger partial charge in [-0.15, -0.1) is 0 Å². The SMILES string of the molecule is c1ccc(-c2c3c(cc4ccccc24)CON3)cc1. The lowest BCUT2D eigenvalue weighted by atomic mass is 9.94. The fraction of sp³-hybridized carbons (Fsp3) is 0.0588. The fourth-order valence-electron chi connectivity index (χ4n) is 2.73. The van der Waals surface area contributed by atoms with Gasteiger partial charge in [0, 0.05) is 11.1 Å². The summed E-state index contributed by atoms with van der Waals surface area (Å²) in [6.45, 7) is 0.625. The zero-order valence-corrected chi connectivity index (χ0v) is 10.4. The summed E-state index contributed by atoms with van der Waals surface area (Å²) >= 11 is 0. The van der Waals surface area contributed by atoms with Gasteiger partial charge in [0.2, 0.25) is 0 Å². The van der Waals surface area contributed by atoms with Crippen LogP contribution in [0.3, 0.4) is 0 Å². The first-order valence-electron chi connectivity index (χ1n) is 6.41. The van der Waals surface area contributed by atoms with Crippen molar-refractivity contribution in [1.82, 2.24) is 0 Å². The standard InChI is InChI=1S/C17H13NO/c1-2-6-12(7-3-1)16-15-9-5-4-8-13(15)10-14-11-19-18-17(14)16/h1-10,18H,11H2. The molecule has 0 radical (unpaired) electrons. The van der Waals surface area contributed by atoms with E-state index in [0.29, 0.717) is 6.61 Å². The number of fused-ring (bicyclic) bond motifs is 2. The van der Waals surface area contributed by atoms with Crippen molar-refractivity contribution < 1.29 is 4.84 Å². The van der Waals surface area contributed by atoms with Crippen molar-refractivity contribution in [3.8, 4) is 11.1 Å². The van der Waals surface area contributed by atoms with Crippen LogP contribution in [0, 0.1) is 0 Å². The first-order valence-corrected chi connectivity index (χ1v) is 6.41. The number of rotatable bonds is 1. The minimum atomic E-state index is 0.625. The van der Waals surface area contributed by atoms with Crippen molar-refractivity contribution >= 4 is 16.5 Å². The average molecular weight is 247 g/mol. The quantitative estimate of drug-likeness (QED) is 0.689. The van der Waals surface area contributed by atoms with Crippen molar-refractivity contribution in [2.24, 2.45) is 0 Å². The maximum absolute atomic E-state index is 5.40. The Bertz CT molecular complexity index is 750. The van der Waals surface area contributed by atoms with Gasteiger partial charge < -0.3 is 0 Å². The zero-order chi connectivity index (χ0) is 12.7. The van der Waals surface area contributed by atoms with E-state index in [0.717, 1.165) is 5.69 Å². The first kappa shape index (κ1) is 10.6. The van der Waals surface area contributed by atoms with Crippen LogP contribution in [0.1, 0.15) is 5.56 Å². The molecule has 2 heteroatoms. The molecule has 0 bridgehead atoms. The van der Waals surface area contributed by atoms with Crippen molar-refractivity contribution in [3.05, 3.63) is 66.2 Å². The van der Waals surface area contributed by atoms with Crippen molar-refractivity contribution in [2.75, 3.05) is 5.48 Å². The van der Waals surface area contributed by atoms with Crippen molar-refractivity contribution in [3.63, 3.8) is 0 Å². The van der Waals surface area contributed by atoms with E-state index in [9.17, 15) is 0 Å². The monoisotopic (exact) mass is 247 g/mol. The lowest BCUT2D eigenvalue weighted by Crippen LogP contribution is -1.92. The molecule has 1 N–H and O–H groups in total. The molecule has 3 aromatic carbocycles. The van der Waals surface area contributed by atoms with Gasteiger partial charge in [-0.1, -0.05) is 54.6 Å². The van der Waals surface area contributed by atoms with Gasteiger partial charge in [0.1, 0.15) is 6.61 Å². The van der Waals surface area contributed by atoms with Crippen LogP contribution in [0.25, 0.3) is 21.9 Å². The molecule has 3 aromatic rings. The molecule has 0 unspecified atom stereocenters. The number of hydrogen-bond acceptors (Lipinski definition) is 2. The van der Waals surface area contributed by atoms with Crippen LogP contribution in [0.2, 0.25) is 0 Å². The maximum atomic E-state index is 5.40. The van der Waals surface area contributed by atoms with Crippen LogP contribution in [0.15, 0.2) is 60.7 Å². The second-order valence-electron chi connectivity index (χ2n) is 4.76. The van der Waals surface area contributed by atoms with E-state index in [2.05, 4.69) is 60.1 Å².